The lowest BCUT2D eigenvalue weighted by Crippen LogP contribution is -2.45. The molecule has 2 saturated heterocycles. The molecule has 0 aliphatic carbocycles. The summed E-state index contributed by atoms with van der Waals surface area (Å²) in [6, 6.07) is 12.8. The Kier molecular flexibility index (Phi) is 12.5. The molecule has 0 radical (unpaired) electrons. The van der Waals surface area contributed by atoms with Gasteiger partial charge in [-0.25, -0.2) is 8.42 Å². The van der Waals surface area contributed by atoms with Crippen molar-refractivity contribution in [2.24, 2.45) is 5.92 Å². The van der Waals surface area contributed by atoms with Gasteiger partial charge in [0.25, 0.3) is 0 Å². The van der Waals surface area contributed by atoms with Crippen LogP contribution in [-0.2, 0) is 24.2 Å². The number of halogens is 1. The summed E-state index contributed by atoms with van der Waals surface area (Å²) in [5.74, 6) is -0.00563. The highest BCUT2D eigenvalue weighted by molar-refractivity contribution is 7.92. The minimum atomic E-state index is -3.41. The molecule has 0 bridgehead atoms. The molecule has 0 saturated carbocycles. The van der Waals surface area contributed by atoms with Gasteiger partial charge in [0, 0.05) is 62.0 Å². The Morgan fingerprint density at radius 1 is 1.02 bits per heavy atom. The fourth-order valence-electron chi connectivity index (χ4n) is 6.04. The van der Waals surface area contributed by atoms with Gasteiger partial charge in [-0.15, -0.1) is 0 Å². The summed E-state index contributed by atoms with van der Waals surface area (Å²) in [7, 11) is -3.41. The molecule has 2 aliphatic rings. The molecule has 1 N–H and O–H groups in total. The van der Waals surface area contributed by atoms with Gasteiger partial charge in [-0.3, -0.25) is 9.59 Å². The van der Waals surface area contributed by atoms with Crippen LogP contribution in [0.1, 0.15) is 51.5 Å². The lowest BCUT2D eigenvalue weighted by molar-refractivity contribution is -0.133. The van der Waals surface area contributed by atoms with E-state index in [9.17, 15) is 18.0 Å². The first-order valence-corrected chi connectivity index (χ1v) is 17.7. The van der Waals surface area contributed by atoms with Gasteiger partial charge in [0.05, 0.1) is 16.8 Å². The van der Waals surface area contributed by atoms with Crippen molar-refractivity contribution in [2.45, 2.75) is 63.0 Å². The number of piperidine rings is 2. The zero-order valence-electron chi connectivity index (χ0n) is 26.3. The SMILES string of the molecule is CCOCCNc1ccc(S(=O)(=O)C2CCN(CCCN(C(=O)C3CCN(C(C)=O)CC3)c3ccc(C)c(Cl)c3)CC2)cc1. The Hall–Kier alpha value is -2.66. The summed E-state index contributed by atoms with van der Waals surface area (Å²) >= 11 is 6.44. The number of carbonyl (C=O) groups excluding carboxylic acids is 2. The molecule has 44 heavy (non-hydrogen) atoms. The number of likely N-dealkylation sites (tertiary alicyclic amines) is 2. The summed E-state index contributed by atoms with van der Waals surface area (Å²) < 4.78 is 32.1. The van der Waals surface area contributed by atoms with E-state index >= 15 is 0 Å². The largest absolute Gasteiger partial charge is 0.383 e. The fourth-order valence-corrected chi connectivity index (χ4v) is 7.95. The normalized spacial score (nSPS) is 17.0. The van der Waals surface area contributed by atoms with E-state index in [-0.39, 0.29) is 17.7 Å². The number of nitrogens with zero attached hydrogens (tertiary/aromatic N) is 3. The predicted octanol–water partition coefficient (Wildman–Crippen LogP) is 5.02. The van der Waals surface area contributed by atoms with E-state index in [2.05, 4.69) is 10.2 Å². The summed E-state index contributed by atoms with van der Waals surface area (Å²) in [6.07, 6.45) is 3.25. The van der Waals surface area contributed by atoms with Gasteiger partial charge in [-0.2, -0.15) is 0 Å². The van der Waals surface area contributed by atoms with Crippen LogP contribution in [0.3, 0.4) is 0 Å². The minimum Gasteiger partial charge on any atom is -0.383 e. The zero-order chi connectivity index (χ0) is 31.7. The Labute approximate surface area is 267 Å². The highest BCUT2D eigenvalue weighted by Crippen LogP contribution is 2.29. The van der Waals surface area contributed by atoms with Crippen LogP contribution in [0, 0.1) is 12.8 Å². The number of sulfone groups is 1. The van der Waals surface area contributed by atoms with Crippen molar-refractivity contribution in [3.05, 3.63) is 53.1 Å². The standard InChI is InChI=1S/C33H47ClN4O5S/c1-4-43-23-16-35-28-7-10-30(11-8-28)44(41,42)31-14-19-36(20-15-31)17-5-18-38(29-9-6-25(2)32(34)24-29)33(40)27-12-21-37(22-13-27)26(3)39/h6-11,24,27,31,35H,4-5,12-23H2,1-3H3. The number of aryl methyl sites for hydroxylation is 1. The fraction of sp³-hybridized carbons (Fsp3) is 0.576. The number of ether oxygens (including phenoxy) is 1. The van der Waals surface area contributed by atoms with Crippen LogP contribution in [0.5, 0.6) is 0 Å². The Bertz CT molecular complexity index is 1350. The molecular weight excluding hydrogens is 600 g/mol. The van der Waals surface area contributed by atoms with Crippen molar-refractivity contribution in [1.29, 1.82) is 0 Å². The third-order valence-electron chi connectivity index (χ3n) is 8.81. The molecule has 2 amide bonds. The van der Waals surface area contributed by atoms with Crippen LogP contribution in [0.4, 0.5) is 11.4 Å². The van der Waals surface area contributed by atoms with Gasteiger partial charge in [-0.1, -0.05) is 17.7 Å². The molecule has 11 heteroatoms. The Balaban J connectivity index is 1.30. The number of hydrogen-bond acceptors (Lipinski definition) is 7. The average molecular weight is 647 g/mol. The number of amides is 2. The first-order valence-electron chi connectivity index (χ1n) is 15.8. The van der Waals surface area contributed by atoms with Crippen molar-refractivity contribution >= 4 is 44.6 Å². The first-order chi connectivity index (χ1) is 21.1. The van der Waals surface area contributed by atoms with E-state index in [0.717, 1.165) is 29.9 Å². The molecule has 2 aromatic rings. The van der Waals surface area contributed by atoms with Crippen LogP contribution in [0.2, 0.25) is 5.02 Å². The summed E-state index contributed by atoms with van der Waals surface area (Å²) in [5, 5.41) is 3.47. The van der Waals surface area contributed by atoms with Crippen LogP contribution in [0.25, 0.3) is 0 Å². The second-order valence-corrected chi connectivity index (χ2v) is 14.4. The number of nitrogens with one attached hydrogen (secondary N) is 1. The van der Waals surface area contributed by atoms with E-state index in [1.165, 1.54) is 0 Å². The van der Waals surface area contributed by atoms with Crippen molar-refractivity contribution in [3.8, 4) is 0 Å². The number of hydrogen-bond donors (Lipinski definition) is 1. The second kappa shape index (κ2) is 16.1. The molecule has 0 spiro atoms. The third kappa shape index (κ3) is 8.96. The molecule has 0 unspecified atom stereocenters. The van der Waals surface area contributed by atoms with Crippen molar-refractivity contribution in [1.82, 2.24) is 9.80 Å². The zero-order valence-corrected chi connectivity index (χ0v) is 27.8. The monoisotopic (exact) mass is 646 g/mol. The van der Waals surface area contributed by atoms with Gasteiger partial charge in [-0.05, 0) is 108 Å². The maximum Gasteiger partial charge on any atom is 0.230 e. The second-order valence-electron chi connectivity index (χ2n) is 11.8. The number of carbonyl (C=O) groups is 2. The van der Waals surface area contributed by atoms with Crippen LogP contribution >= 0.6 is 11.6 Å². The number of anilines is 2. The summed E-state index contributed by atoms with van der Waals surface area (Å²) in [4.78, 5) is 31.8. The van der Waals surface area contributed by atoms with Gasteiger partial charge in [0.2, 0.25) is 11.8 Å². The van der Waals surface area contributed by atoms with Gasteiger partial charge < -0.3 is 24.8 Å². The number of benzene rings is 2. The molecule has 2 fully saturated rings. The molecule has 242 valence electrons. The smallest absolute Gasteiger partial charge is 0.230 e. The lowest BCUT2D eigenvalue weighted by atomic mass is 9.94. The maximum atomic E-state index is 13.7. The molecule has 0 atom stereocenters. The highest BCUT2D eigenvalue weighted by Gasteiger charge is 2.32. The predicted molar refractivity (Wildman–Crippen MR) is 176 cm³/mol. The molecule has 2 heterocycles. The molecule has 4 rings (SSSR count). The highest BCUT2D eigenvalue weighted by atomic mass is 35.5. The van der Waals surface area contributed by atoms with E-state index in [1.807, 2.05) is 49.1 Å². The van der Waals surface area contributed by atoms with E-state index in [1.54, 1.807) is 24.0 Å². The maximum absolute atomic E-state index is 13.7. The summed E-state index contributed by atoms with van der Waals surface area (Å²) in [5.41, 5.74) is 2.63. The molecule has 9 nitrogen and oxygen atoms in total. The van der Waals surface area contributed by atoms with Crippen LogP contribution in [-0.4, -0.2) is 94.3 Å². The summed E-state index contributed by atoms with van der Waals surface area (Å²) in [6.45, 7) is 11.3. The molecular formula is C33H47ClN4O5S. The minimum absolute atomic E-state index is 0.0499. The van der Waals surface area contributed by atoms with Crippen molar-refractivity contribution in [2.75, 3.05) is 69.2 Å². The van der Waals surface area contributed by atoms with Crippen LogP contribution < -0.4 is 10.2 Å². The lowest BCUT2D eigenvalue weighted by Gasteiger charge is -2.35. The van der Waals surface area contributed by atoms with E-state index in [0.29, 0.717) is 88.1 Å². The van der Waals surface area contributed by atoms with E-state index < -0.39 is 15.1 Å². The Morgan fingerprint density at radius 3 is 2.32 bits per heavy atom. The van der Waals surface area contributed by atoms with Gasteiger partial charge in [0.1, 0.15) is 0 Å². The quantitative estimate of drug-likeness (QED) is 0.305. The van der Waals surface area contributed by atoms with E-state index in [4.69, 9.17) is 16.3 Å². The first kappa shape index (κ1) is 34.2. The van der Waals surface area contributed by atoms with Crippen molar-refractivity contribution in [3.63, 3.8) is 0 Å². The Morgan fingerprint density at radius 2 is 1.70 bits per heavy atom. The van der Waals surface area contributed by atoms with Gasteiger partial charge in [0.15, 0.2) is 9.84 Å². The average Bonchev–Trinajstić information content (AvgIpc) is 3.03. The van der Waals surface area contributed by atoms with Crippen LogP contribution in [0.15, 0.2) is 47.4 Å². The van der Waals surface area contributed by atoms with Crippen molar-refractivity contribution < 1.29 is 22.7 Å². The van der Waals surface area contributed by atoms with Gasteiger partial charge >= 0.3 is 0 Å². The topological polar surface area (TPSA) is 99.3 Å². The molecule has 0 aromatic heterocycles. The molecule has 2 aliphatic heterocycles. The number of rotatable bonds is 13. The molecule has 2 aromatic carbocycles. The third-order valence-corrected chi connectivity index (χ3v) is 11.5.